The second kappa shape index (κ2) is 12.0. The zero-order chi connectivity index (χ0) is 36.4. The molecule has 0 heterocycles. The first-order chi connectivity index (χ1) is 25.8. The van der Waals surface area contributed by atoms with E-state index in [9.17, 15) is 20.4 Å². The second-order valence-corrected chi connectivity index (χ2v) is 13.1. The molecule has 9 rings (SSSR count). The summed E-state index contributed by atoms with van der Waals surface area (Å²) < 4.78 is 11.2. The van der Waals surface area contributed by atoms with Gasteiger partial charge >= 0.3 is 0 Å². The maximum absolute atomic E-state index is 11.3. The molecule has 1 aliphatic carbocycles. The van der Waals surface area contributed by atoms with Crippen LogP contribution in [-0.2, 0) is 5.66 Å². The molecule has 0 unspecified atom stereocenters. The number of aliphatic imine (C=N–C) groups is 2. The number of aromatic hydroxyl groups is 4. The van der Waals surface area contributed by atoms with Gasteiger partial charge in [-0.3, -0.25) is 9.98 Å². The van der Waals surface area contributed by atoms with E-state index in [0.29, 0.717) is 21.9 Å². The molecule has 53 heavy (non-hydrogen) atoms. The van der Waals surface area contributed by atoms with Crippen LogP contribution in [0.25, 0.3) is 54.2 Å². The highest BCUT2D eigenvalue weighted by molar-refractivity contribution is 6.13. The van der Waals surface area contributed by atoms with Gasteiger partial charge < -0.3 is 29.9 Å². The topological polar surface area (TPSA) is 124 Å². The van der Waals surface area contributed by atoms with Gasteiger partial charge in [-0.2, -0.15) is 0 Å². The molecular weight excluding hydrogens is 665 g/mol. The second-order valence-electron chi connectivity index (χ2n) is 13.1. The lowest BCUT2D eigenvalue weighted by molar-refractivity contribution is 0.404. The highest BCUT2D eigenvalue weighted by atomic mass is 16.5. The summed E-state index contributed by atoms with van der Waals surface area (Å²) >= 11 is 0. The first-order valence-electron chi connectivity index (χ1n) is 17.0. The predicted octanol–water partition coefficient (Wildman–Crippen LogP) is 9.56. The van der Waals surface area contributed by atoms with E-state index in [1.165, 1.54) is 12.1 Å². The average Bonchev–Trinajstić information content (AvgIpc) is 3.47. The molecule has 8 aromatic carbocycles. The highest BCUT2D eigenvalue weighted by Gasteiger charge is 2.44. The molecule has 0 bridgehead atoms. The first-order valence-corrected chi connectivity index (χ1v) is 17.0. The molecule has 0 spiro atoms. The lowest BCUT2D eigenvalue weighted by Gasteiger charge is -2.24. The third-order valence-electron chi connectivity index (χ3n) is 10.3. The van der Waals surface area contributed by atoms with Crippen molar-refractivity contribution in [3.63, 3.8) is 0 Å². The van der Waals surface area contributed by atoms with Crippen LogP contribution in [0.15, 0.2) is 131 Å². The maximum Gasteiger partial charge on any atom is 0.202 e. The number of phenols is 4. The summed E-state index contributed by atoms with van der Waals surface area (Å²) in [6, 6.07) is 37.9. The largest absolute Gasteiger partial charge is 0.504 e. The van der Waals surface area contributed by atoms with E-state index >= 15 is 0 Å². The van der Waals surface area contributed by atoms with E-state index < -0.39 is 5.66 Å². The highest BCUT2D eigenvalue weighted by Crippen LogP contribution is 2.56. The molecule has 1 aliphatic rings. The third kappa shape index (κ3) is 4.83. The Morgan fingerprint density at radius 2 is 0.887 bits per heavy atom. The Morgan fingerprint density at radius 3 is 1.32 bits per heavy atom. The van der Waals surface area contributed by atoms with Gasteiger partial charge in [0.25, 0.3) is 0 Å². The smallest absolute Gasteiger partial charge is 0.202 e. The first kappa shape index (κ1) is 31.9. The summed E-state index contributed by atoms with van der Waals surface area (Å²) in [4.78, 5) is 10.6. The van der Waals surface area contributed by atoms with Gasteiger partial charge in [-0.05, 0) is 90.6 Å². The van der Waals surface area contributed by atoms with Gasteiger partial charge in [-0.25, -0.2) is 0 Å². The van der Waals surface area contributed by atoms with Gasteiger partial charge in [-0.1, -0.05) is 84.9 Å². The molecule has 0 saturated carbocycles. The zero-order valence-electron chi connectivity index (χ0n) is 28.7. The maximum atomic E-state index is 11.3. The van der Waals surface area contributed by atoms with Gasteiger partial charge in [0, 0.05) is 34.7 Å². The molecular formula is C45H32N2O6. The third-order valence-corrected chi connectivity index (χ3v) is 10.3. The summed E-state index contributed by atoms with van der Waals surface area (Å²) in [7, 11) is 3.28. The van der Waals surface area contributed by atoms with Crippen molar-refractivity contribution in [3.05, 3.63) is 144 Å². The number of ether oxygens (including phenoxy) is 2. The lowest BCUT2D eigenvalue weighted by Crippen LogP contribution is -2.21. The molecule has 0 atom stereocenters. The van der Waals surface area contributed by atoms with E-state index in [-0.39, 0.29) is 23.0 Å². The Labute approximate surface area is 303 Å². The molecule has 8 nitrogen and oxygen atoms in total. The molecule has 258 valence electrons. The number of hydrogen-bond donors (Lipinski definition) is 4. The van der Waals surface area contributed by atoms with Crippen LogP contribution in [0.3, 0.4) is 0 Å². The zero-order valence-corrected chi connectivity index (χ0v) is 28.7. The number of phenolic OH excluding ortho intramolecular Hbond substituents is 4. The van der Waals surface area contributed by atoms with E-state index in [4.69, 9.17) is 19.5 Å². The number of fused-ring (bicyclic) bond motifs is 9. The van der Waals surface area contributed by atoms with Crippen molar-refractivity contribution in [2.24, 2.45) is 9.98 Å². The van der Waals surface area contributed by atoms with E-state index in [2.05, 4.69) is 0 Å². The summed E-state index contributed by atoms with van der Waals surface area (Å²) in [6.45, 7) is 0. The molecule has 0 radical (unpaired) electrons. The summed E-state index contributed by atoms with van der Waals surface area (Å²) in [5.41, 5.74) is 2.53. The van der Waals surface area contributed by atoms with Gasteiger partial charge in [0.1, 0.15) is 11.5 Å². The van der Waals surface area contributed by atoms with Crippen LogP contribution in [0.5, 0.6) is 34.5 Å². The van der Waals surface area contributed by atoms with Crippen molar-refractivity contribution in [3.8, 4) is 45.6 Å². The summed E-state index contributed by atoms with van der Waals surface area (Å²) in [6.07, 6.45) is 3.12. The van der Waals surface area contributed by atoms with Crippen molar-refractivity contribution in [2.75, 3.05) is 14.2 Å². The Kier molecular flexibility index (Phi) is 7.24. The van der Waals surface area contributed by atoms with Crippen LogP contribution in [0.2, 0.25) is 0 Å². The summed E-state index contributed by atoms with van der Waals surface area (Å²) in [5.74, 6) is 0.281. The molecule has 8 aromatic rings. The molecule has 0 aliphatic heterocycles. The number of benzene rings is 8. The van der Waals surface area contributed by atoms with E-state index in [0.717, 1.165) is 66.1 Å². The van der Waals surface area contributed by atoms with Crippen LogP contribution in [0, 0.1) is 0 Å². The number of methoxy groups -OCH3 is 2. The van der Waals surface area contributed by atoms with Gasteiger partial charge in [0.2, 0.25) is 5.66 Å². The van der Waals surface area contributed by atoms with Gasteiger partial charge in [0.15, 0.2) is 23.0 Å². The molecule has 0 saturated heterocycles. The number of nitrogens with zero attached hydrogens (tertiary/aromatic N) is 2. The summed E-state index contributed by atoms with van der Waals surface area (Å²) in [5, 5.41) is 50.7. The van der Waals surface area contributed by atoms with Gasteiger partial charge in [-0.15, -0.1) is 0 Å². The van der Waals surface area contributed by atoms with Crippen LogP contribution < -0.4 is 9.47 Å². The fourth-order valence-electron chi connectivity index (χ4n) is 7.72. The minimum Gasteiger partial charge on any atom is -0.504 e. The standard InChI is InChI=1S/C45H32N2O6/c1-52-29-13-15-33-27(19-29)11-17-37-41(33)42-34-16-14-30(53-2)20-28(34)12-18-38(42)45(37,46-23-35-31-9-5-3-7-25(31)21-39(48)43(35)50)47-24-36-32-10-6-4-8-26(32)22-40(49)44(36)51/h3-24,48-51H,1-2H3/b46-23+,47-24+. The molecule has 0 aromatic heterocycles. The fraction of sp³-hybridized carbons (Fsp3) is 0.0667. The van der Waals surface area contributed by atoms with Crippen molar-refractivity contribution in [1.82, 2.24) is 0 Å². The van der Waals surface area contributed by atoms with E-state index in [1.54, 1.807) is 26.6 Å². The minimum absolute atomic E-state index is 0.272. The van der Waals surface area contributed by atoms with Crippen LogP contribution in [0.4, 0.5) is 0 Å². The average molecular weight is 697 g/mol. The Hall–Kier alpha value is -7.06. The number of hydrogen-bond acceptors (Lipinski definition) is 8. The Morgan fingerprint density at radius 1 is 0.472 bits per heavy atom. The van der Waals surface area contributed by atoms with Gasteiger partial charge in [0.05, 0.1) is 14.2 Å². The van der Waals surface area contributed by atoms with Crippen molar-refractivity contribution < 1.29 is 29.9 Å². The minimum atomic E-state index is -1.47. The molecule has 4 N–H and O–H groups in total. The van der Waals surface area contributed by atoms with E-state index in [1.807, 2.05) is 109 Å². The molecule has 0 fully saturated rings. The van der Waals surface area contributed by atoms with Crippen LogP contribution >= 0.6 is 0 Å². The predicted molar refractivity (Wildman–Crippen MR) is 211 cm³/mol. The SMILES string of the molecule is COc1ccc2c3c(ccc2c1)C(/N=C/c1c(O)c(O)cc2ccccc12)(/N=C/c1c(O)c(O)cc2ccccc12)c1ccc2cc(OC)ccc2c1-3. The normalized spacial score (nSPS) is 13.4. The van der Waals surface area contributed by atoms with Crippen molar-refractivity contribution in [1.29, 1.82) is 0 Å². The number of rotatable bonds is 6. The fourth-order valence-corrected chi connectivity index (χ4v) is 7.72. The quantitative estimate of drug-likeness (QED) is 0.101. The van der Waals surface area contributed by atoms with Crippen LogP contribution in [0.1, 0.15) is 22.3 Å². The molecule has 8 heteroatoms. The van der Waals surface area contributed by atoms with Crippen molar-refractivity contribution in [2.45, 2.75) is 5.66 Å². The lowest BCUT2D eigenvalue weighted by atomic mass is 9.94. The Bertz CT molecular complexity index is 2680. The molecule has 0 amide bonds. The monoisotopic (exact) mass is 696 g/mol. The van der Waals surface area contributed by atoms with Crippen LogP contribution in [-0.4, -0.2) is 47.1 Å². The van der Waals surface area contributed by atoms with Crippen molar-refractivity contribution >= 4 is 55.5 Å². The Balaban J connectivity index is 1.41.